The van der Waals surface area contributed by atoms with Crippen molar-refractivity contribution in [1.82, 2.24) is 4.90 Å². The number of ketones is 1. The Morgan fingerprint density at radius 2 is 1.66 bits per heavy atom. The van der Waals surface area contributed by atoms with Gasteiger partial charge in [0.2, 0.25) is 0 Å². The summed E-state index contributed by atoms with van der Waals surface area (Å²) in [6.07, 6.45) is 3.29. The smallest absolute Gasteiger partial charge is 0.312 e. The van der Waals surface area contributed by atoms with Crippen molar-refractivity contribution in [3.05, 3.63) is 58.0 Å². The number of nitrogens with one attached hydrogen (secondary N) is 1. The molecular weight excluding hydrogens is 801 g/mol. The Morgan fingerprint density at radius 3 is 2.29 bits per heavy atom. The maximum Gasteiger partial charge on any atom is 0.312 e. The third-order valence-electron chi connectivity index (χ3n) is 12.9. The van der Waals surface area contributed by atoms with Crippen LogP contribution in [0.1, 0.15) is 91.1 Å². The molecule has 16 nitrogen and oxygen atoms in total. The number of methoxy groups -OCH3 is 1. The zero-order chi connectivity index (χ0) is 45.7. The fraction of sp³-hybridized carbons (Fsp3) is 0.587. The van der Waals surface area contributed by atoms with Gasteiger partial charge in [-0.15, -0.1) is 0 Å². The van der Waals surface area contributed by atoms with Gasteiger partial charge in [-0.05, 0) is 25.8 Å². The molecule has 2 unspecified atom stereocenters. The first-order chi connectivity index (χ1) is 29.1. The van der Waals surface area contributed by atoms with Crippen LogP contribution in [0.25, 0.3) is 10.8 Å². The number of nitrogens with zero attached hydrogens (tertiary/aromatic N) is 3. The minimum absolute atomic E-state index is 0.00626. The summed E-state index contributed by atoms with van der Waals surface area (Å²) >= 11 is 0. The Hall–Kier alpha value is -4.87. The summed E-state index contributed by atoms with van der Waals surface area (Å²) in [5.41, 5.74) is -1.08. The lowest BCUT2D eigenvalue weighted by atomic mass is 9.78. The number of esters is 1. The first-order valence-corrected chi connectivity index (χ1v) is 21.3. The number of phenolic OH excluding ortho intramolecular Hbond substituents is 2. The Morgan fingerprint density at radius 1 is 0.984 bits per heavy atom. The average Bonchev–Trinajstić information content (AvgIpc) is 3.71. The van der Waals surface area contributed by atoms with Crippen LogP contribution in [0.15, 0.2) is 46.1 Å². The summed E-state index contributed by atoms with van der Waals surface area (Å²) < 4.78 is 23.9. The monoisotopic (exact) mass is 862 g/mol. The summed E-state index contributed by atoms with van der Waals surface area (Å²) in [6.45, 7) is 17.9. The van der Waals surface area contributed by atoms with Gasteiger partial charge in [-0.1, -0.05) is 59.8 Å². The molecule has 1 saturated heterocycles. The van der Waals surface area contributed by atoms with E-state index in [1.165, 1.54) is 46.3 Å². The number of amides is 1. The highest BCUT2D eigenvalue weighted by Crippen LogP contribution is 2.50. The minimum atomic E-state index is -2.00. The molecular formula is C46H62N4O12. The number of ether oxygens (including phenoxy) is 4. The Kier molecular flexibility index (Phi) is 13.3. The fourth-order valence-corrected chi connectivity index (χ4v) is 9.25. The lowest BCUT2D eigenvalue weighted by Crippen LogP contribution is -2.49. The van der Waals surface area contributed by atoms with Crippen LogP contribution >= 0.6 is 0 Å². The first kappa shape index (κ1) is 46.6. The molecule has 4 aliphatic rings. The van der Waals surface area contributed by atoms with Crippen LogP contribution in [0.4, 0.5) is 5.69 Å². The molecule has 0 aliphatic carbocycles. The molecule has 11 atom stereocenters. The number of rotatable bonds is 4. The van der Waals surface area contributed by atoms with Crippen LogP contribution < -0.4 is 20.8 Å². The number of benzene rings is 2. The second kappa shape index (κ2) is 17.7. The number of carbonyl (C=O) groups is 3. The average molecular weight is 863 g/mol. The van der Waals surface area contributed by atoms with E-state index in [0.717, 1.165) is 0 Å². The van der Waals surface area contributed by atoms with E-state index >= 15 is 0 Å². The van der Waals surface area contributed by atoms with Gasteiger partial charge in [-0.2, -0.15) is 0 Å². The van der Waals surface area contributed by atoms with Crippen molar-refractivity contribution in [2.24, 2.45) is 39.6 Å². The molecule has 2 aromatic carbocycles. The summed E-state index contributed by atoms with van der Waals surface area (Å²) in [5, 5.41) is 61.1. The minimum Gasteiger partial charge on any atom is -0.507 e. The topological polar surface area (TPSA) is 229 Å². The normalized spacial score (nSPS) is 35.1. The van der Waals surface area contributed by atoms with Crippen LogP contribution in [0, 0.1) is 36.5 Å². The molecule has 4 bridgehead atoms. The summed E-state index contributed by atoms with van der Waals surface area (Å²) in [6, 6.07) is 0. The van der Waals surface area contributed by atoms with Crippen molar-refractivity contribution in [2.75, 3.05) is 25.5 Å². The number of carbonyl (C=O) groups excluding carboxylic acids is 3. The Balaban J connectivity index is 1.55. The number of fused-ring (bicyclic) bond motifs is 1. The second-order valence-corrected chi connectivity index (χ2v) is 18.1. The van der Waals surface area contributed by atoms with Gasteiger partial charge < -0.3 is 49.8 Å². The van der Waals surface area contributed by atoms with Crippen LogP contribution in [-0.2, 0) is 23.8 Å². The highest BCUT2D eigenvalue weighted by molar-refractivity contribution is 6.19. The molecule has 16 heteroatoms. The fourth-order valence-electron chi connectivity index (χ4n) is 9.25. The molecule has 0 radical (unpaired) electrons. The number of hydrogen-bond donors (Lipinski definition) is 6. The van der Waals surface area contributed by atoms with Crippen molar-refractivity contribution in [2.45, 2.75) is 124 Å². The van der Waals surface area contributed by atoms with E-state index in [4.69, 9.17) is 28.9 Å². The molecule has 1 fully saturated rings. The van der Waals surface area contributed by atoms with Crippen molar-refractivity contribution in [1.29, 1.82) is 0 Å². The molecule has 1 spiro atoms. The molecule has 6 N–H and O–H groups in total. The molecule has 4 aliphatic heterocycles. The summed E-state index contributed by atoms with van der Waals surface area (Å²) in [4.78, 5) is 53.1. The highest BCUT2D eigenvalue weighted by atomic mass is 16.7. The zero-order valence-corrected chi connectivity index (χ0v) is 37.4. The molecule has 0 saturated carbocycles. The Labute approximate surface area is 361 Å². The number of hydrogen-bond acceptors (Lipinski definition) is 15. The third-order valence-corrected chi connectivity index (χ3v) is 12.9. The van der Waals surface area contributed by atoms with Crippen LogP contribution in [0.2, 0.25) is 0 Å². The number of anilines is 1. The lowest BCUT2D eigenvalue weighted by Gasteiger charge is -2.40. The van der Waals surface area contributed by atoms with Crippen LogP contribution in [0.3, 0.4) is 0 Å². The van der Waals surface area contributed by atoms with Gasteiger partial charge in [-0.3, -0.25) is 29.3 Å². The number of phenols is 2. The van der Waals surface area contributed by atoms with Crippen molar-refractivity contribution < 1.29 is 58.9 Å². The van der Waals surface area contributed by atoms with Gasteiger partial charge in [0, 0.05) is 87.1 Å². The number of likely N-dealkylation sites (tertiary alicyclic amines) is 1. The van der Waals surface area contributed by atoms with Gasteiger partial charge in [0.15, 0.2) is 11.4 Å². The molecule has 62 heavy (non-hydrogen) atoms. The van der Waals surface area contributed by atoms with E-state index in [9.17, 15) is 39.9 Å². The third kappa shape index (κ3) is 8.47. The molecule has 6 rings (SSSR count). The number of aliphatic hydroxyl groups is 3. The second-order valence-electron chi connectivity index (χ2n) is 18.1. The van der Waals surface area contributed by atoms with E-state index in [2.05, 4.69) is 19.2 Å². The molecule has 1 amide bonds. The maximum atomic E-state index is 14.7. The molecule has 0 aromatic heterocycles. The van der Waals surface area contributed by atoms with Gasteiger partial charge in [0.25, 0.3) is 11.7 Å². The first-order valence-electron chi connectivity index (χ1n) is 21.3. The number of aromatic hydroxyl groups is 2. The summed E-state index contributed by atoms with van der Waals surface area (Å²) in [5.74, 6) is -7.02. The number of Topliss-reactive ketones (excluding diaryl/α,β-unsaturated/α-hetero) is 1. The molecule has 2 aromatic rings. The van der Waals surface area contributed by atoms with Crippen molar-refractivity contribution in [3.63, 3.8) is 0 Å². The van der Waals surface area contributed by atoms with Gasteiger partial charge >= 0.3 is 11.8 Å². The van der Waals surface area contributed by atoms with E-state index in [0.29, 0.717) is 19.5 Å². The predicted molar refractivity (Wildman–Crippen MR) is 229 cm³/mol. The maximum absolute atomic E-state index is 14.7. The number of allylic oxidation sites excluding steroid dienone is 2. The highest BCUT2D eigenvalue weighted by Gasteiger charge is 2.50. The lowest BCUT2D eigenvalue weighted by molar-refractivity contribution is -0.160. The van der Waals surface area contributed by atoms with E-state index in [-0.39, 0.29) is 62.0 Å². The van der Waals surface area contributed by atoms with E-state index in [1.807, 2.05) is 4.90 Å². The summed E-state index contributed by atoms with van der Waals surface area (Å²) in [7, 11) is 1.45. The Bertz CT molecular complexity index is 2340. The van der Waals surface area contributed by atoms with Crippen molar-refractivity contribution >= 4 is 34.1 Å². The quantitative estimate of drug-likeness (QED) is 0.189. The standard InChI is InChI=1S/C46H62N4O12/c1-21(2)20-50-17-16-46(19-30(50)52)48-34-31-32-39(55)27(8)42-33(31)43(57)45(10,62-42)60-18-15-29(59-11)24(5)41(61-28(9)51)26(7)38(54)25(6)37(53)22(3)13-12-14-23(4)44(58)47-36(40(32)56)35(34)49-46/h12-15,18,21-22,24-26,29-30,37-38,41,52-56H,16-17,19-20H2,1-11H3,(H,47,58)/b13-12+,18-15+,23-14-/t22-,24+,25+,26+,29-,30?,37-,38+,41+,45-,46?/m0/s1. The SMILES string of the molecule is CO[C@H]1/C=C/O[C@@]2(C)Oc3c(C)c(O)c4c(O)c(c5c(c4c3C2=O)=NC2(CCN(CC(C)C)C(O)C2)N=5)NC(=O)/C(C)=C\C=C\[C@H](C)[C@H](O)[C@@H](C)[C@@H](O)[C@@H](C)[C@H](OC(C)=O)[C@@H]1C. The largest absolute Gasteiger partial charge is 0.507 e. The van der Waals surface area contributed by atoms with Crippen molar-refractivity contribution in [3.8, 4) is 17.2 Å². The molecule has 338 valence electrons. The van der Waals surface area contributed by atoms with Gasteiger partial charge in [0.1, 0.15) is 34.9 Å². The predicted octanol–water partition coefficient (Wildman–Crippen LogP) is 4.07. The molecule has 4 heterocycles. The van der Waals surface area contributed by atoms with Crippen LogP contribution in [0.5, 0.6) is 17.2 Å². The van der Waals surface area contributed by atoms with E-state index in [1.54, 1.807) is 46.8 Å². The number of piperidine rings is 1. The zero-order valence-electron chi connectivity index (χ0n) is 37.4. The number of aliphatic hydroxyl groups excluding tert-OH is 3. The van der Waals surface area contributed by atoms with Crippen LogP contribution in [-0.4, -0.2) is 110 Å². The van der Waals surface area contributed by atoms with Gasteiger partial charge in [0.05, 0.1) is 40.9 Å². The van der Waals surface area contributed by atoms with Gasteiger partial charge in [-0.25, -0.2) is 0 Å². The van der Waals surface area contributed by atoms with E-state index < -0.39 is 94.9 Å².